The Kier molecular flexibility index (Phi) is 3.32. The Hall–Kier alpha value is -2.57. The van der Waals surface area contributed by atoms with Gasteiger partial charge in [-0.3, -0.25) is 4.98 Å². The lowest BCUT2D eigenvalue weighted by Gasteiger charge is -2.36. The summed E-state index contributed by atoms with van der Waals surface area (Å²) in [6, 6.07) is 6.73. The Bertz CT molecular complexity index is 842. The van der Waals surface area contributed by atoms with E-state index in [9.17, 15) is 18.0 Å². The Morgan fingerprint density at radius 2 is 1.88 bits per heavy atom. The van der Waals surface area contributed by atoms with Gasteiger partial charge in [-0.1, -0.05) is 0 Å². The number of benzene rings is 1. The SMILES string of the molecule is O=C(O)c1cnc2c(c1)CN(c1ccc(C(F)(F)F)cc1)CC21CC1. The molecule has 1 aromatic heterocycles. The van der Waals surface area contributed by atoms with E-state index in [1.807, 2.05) is 4.90 Å². The van der Waals surface area contributed by atoms with Crippen molar-refractivity contribution in [1.82, 2.24) is 4.98 Å². The Morgan fingerprint density at radius 3 is 2.44 bits per heavy atom. The van der Waals surface area contributed by atoms with Gasteiger partial charge in [0, 0.05) is 30.4 Å². The normalized spacial score (nSPS) is 18.1. The number of pyridine rings is 1. The minimum Gasteiger partial charge on any atom is -0.478 e. The fourth-order valence-electron chi connectivity index (χ4n) is 3.52. The van der Waals surface area contributed by atoms with Crippen molar-refractivity contribution in [1.29, 1.82) is 0 Å². The molecule has 0 bridgehead atoms. The van der Waals surface area contributed by atoms with Gasteiger partial charge in [-0.05, 0) is 48.7 Å². The second-order valence-corrected chi connectivity index (χ2v) is 6.72. The number of rotatable bonds is 2. The molecule has 1 saturated carbocycles. The summed E-state index contributed by atoms with van der Waals surface area (Å²) in [6.45, 7) is 1.13. The zero-order valence-corrected chi connectivity index (χ0v) is 13.2. The minimum atomic E-state index is -4.36. The quantitative estimate of drug-likeness (QED) is 0.896. The number of halogens is 3. The van der Waals surface area contributed by atoms with Crippen LogP contribution >= 0.6 is 0 Å². The second-order valence-electron chi connectivity index (χ2n) is 6.72. The monoisotopic (exact) mass is 348 g/mol. The van der Waals surface area contributed by atoms with E-state index in [1.165, 1.54) is 18.3 Å². The highest BCUT2D eigenvalue weighted by atomic mass is 19.4. The standard InChI is InChI=1S/C18H15F3N2O2/c19-18(20,21)13-1-3-14(4-2-13)23-9-12-7-11(16(24)25)8-22-15(12)17(10-23)5-6-17/h1-4,7-8H,5-6,9-10H2,(H,24,25). The van der Waals surface area contributed by atoms with Crippen LogP contribution in [0.25, 0.3) is 0 Å². The van der Waals surface area contributed by atoms with Gasteiger partial charge in [-0.25, -0.2) is 4.79 Å². The molecule has 7 heteroatoms. The van der Waals surface area contributed by atoms with Gasteiger partial charge in [0.1, 0.15) is 0 Å². The van der Waals surface area contributed by atoms with E-state index >= 15 is 0 Å². The molecule has 0 atom stereocenters. The summed E-state index contributed by atoms with van der Waals surface area (Å²) in [5.74, 6) is -1.04. The number of anilines is 1. The van der Waals surface area contributed by atoms with E-state index in [2.05, 4.69) is 4.98 Å². The topological polar surface area (TPSA) is 53.4 Å². The predicted octanol–water partition coefficient (Wildman–Crippen LogP) is 3.85. The summed E-state index contributed by atoms with van der Waals surface area (Å²) in [5.41, 5.74) is 1.82. The molecule has 2 heterocycles. The first-order valence-corrected chi connectivity index (χ1v) is 7.93. The Labute approximate surface area is 141 Å². The molecule has 0 unspecified atom stereocenters. The minimum absolute atomic E-state index is 0.104. The number of carbonyl (C=O) groups is 1. The third-order valence-electron chi connectivity index (χ3n) is 4.98. The Balaban J connectivity index is 1.67. The smallest absolute Gasteiger partial charge is 0.416 e. The largest absolute Gasteiger partial charge is 0.478 e. The summed E-state index contributed by atoms with van der Waals surface area (Å²) in [5, 5.41) is 9.16. The zero-order valence-electron chi connectivity index (χ0n) is 13.2. The van der Waals surface area contributed by atoms with Crippen LogP contribution in [-0.4, -0.2) is 22.6 Å². The first kappa shape index (κ1) is 15.9. The van der Waals surface area contributed by atoms with Crippen LogP contribution < -0.4 is 4.90 Å². The molecule has 130 valence electrons. The van der Waals surface area contributed by atoms with E-state index in [0.717, 1.165) is 36.2 Å². The number of hydrogen-bond acceptors (Lipinski definition) is 3. The van der Waals surface area contributed by atoms with E-state index < -0.39 is 17.7 Å². The van der Waals surface area contributed by atoms with Gasteiger partial charge < -0.3 is 10.0 Å². The van der Waals surface area contributed by atoms with Crippen molar-refractivity contribution < 1.29 is 23.1 Å². The van der Waals surface area contributed by atoms with Crippen LogP contribution in [0.5, 0.6) is 0 Å². The van der Waals surface area contributed by atoms with Crippen LogP contribution in [0.15, 0.2) is 36.5 Å². The number of hydrogen-bond donors (Lipinski definition) is 1. The summed E-state index contributed by atoms with van der Waals surface area (Å²) in [6.07, 6.45) is -1.06. The van der Waals surface area contributed by atoms with Gasteiger partial charge in [-0.15, -0.1) is 0 Å². The third-order valence-corrected chi connectivity index (χ3v) is 4.98. The summed E-state index contributed by atoms with van der Waals surface area (Å²) >= 11 is 0. The number of carboxylic acid groups (broad SMARTS) is 1. The van der Waals surface area contributed by atoms with Gasteiger partial charge in [0.25, 0.3) is 0 Å². The van der Waals surface area contributed by atoms with Crippen LogP contribution in [0, 0.1) is 0 Å². The van der Waals surface area contributed by atoms with Crippen LogP contribution in [0.1, 0.15) is 40.0 Å². The van der Waals surface area contributed by atoms with Crippen molar-refractivity contribution in [3.63, 3.8) is 0 Å². The van der Waals surface area contributed by atoms with E-state index in [-0.39, 0.29) is 11.0 Å². The maximum atomic E-state index is 12.7. The molecule has 2 aromatic rings. The molecular formula is C18H15F3N2O2. The lowest BCUT2D eigenvalue weighted by atomic mass is 9.90. The second kappa shape index (κ2) is 5.21. The lowest BCUT2D eigenvalue weighted by molar-refractivity contribution is -0.137. The highest BCUT2D eigenvalue weighted by Crippen LogP contribution is 2.52. The number of alkyl halides is 3. The molecule has 1 aromatic carbocycles. The van der Waals surface area contributed by atoms with E-state index in [4.69, 9.17) is 5.11 Å². The van der Waals surface area contributed by atoms with Crippen molar-refractivity contribution in [2.45, 2.75) is 31.0 Å². The van der Waals surface area contributed by atoms with Gasteiger partial charge >= 0.3 is 12.1 Å². The summed E-state index contributed by atoms with van der Waals surface area (Å²) in [4.78, 5) is 17.6. The maximum absolute atomic E-state index is 12.7. The summed E-state index contributed by atoms with van der Waals surface area (Å²) in [7, 11) is 0. The molecule has 1 N–H and O–H groups in total. The first-order chi connectivity index (χ1) is 11.8. The van der Waals surface area contributed by atoms with Crippen molar-refractivity contribution in [2.24, 2.45) is 0 Å². The van der Waals surface area contributed by atoms with Crippen LogP contribution in [-0.2, 0) is 18.1 Å². The van der Waals surface area contributed by atoms with Crippen molar-refractivity contribution >= 4 is 11.7 Å². The number of nitrogens with zero attached hydrogens (tertiary/aromatic N) is 2. The molecule has 1 fully saturated rings. The fourth-order valence-corrected chi connectivity index (χ4v) is 3.52. The molecule has 0 amide bonds. The molecular weight excluding hydrogens is 333 g/mol. The van der Waals surface area contributed by atoms with Crippen molar-refractivity contribution in [3.8, 4) is 0 Å². The molecule has 4 nitrogen and oxygen atoms in total. The highest BCUT2D eigenvalue weighted by Gasteiger charge is 2.50. The molecule has 0 radical (unpaired) electrons. The number of aromatic carboxylic acids is 1. The van der Waals surface area contributed by atoms with E-state index in [1.54, 1.807) is 6.07 Å². The number of aromatic nitrogens is 1. The number of carboxylic acids is 1. The Morgan fingerprint density at radius 1 is 1.20 bits per heavy atom. The molecule has 2 aliphatic rings. The van der Waals surface area contributed by atoms with Crippen LogP contribution in [0.4, 0.5) is 18.9 Å². The maximum Gasteiger partial charge on any atom is 0.416 e. The molecule has 1 aliphatic heterocycles. The van der Waals surface area contributed by atoms with Crippen molar-refractivity contribution in [2.75, 3.05) is 11.4 Å². The van der Waals surface area contributed by atoms with Gasteiger partial charge in [0.15, 0.2) is 0 Å². The molecule has 1 spiro atoms. The molecule has 0 saturated heterocycles. The molecule has 1 aliphatic carbocycles. The zero-order chi connectivity index (χ0) is 17.8. The van der Waals surface area contributed by atoms with E-state index in [0.29, 0.717) is 18.8 Å². The average Bonchev–Trinajstić information content (AvgIpc) is 3.33. The molecule has 4 rings (SSSR count). The fraction of sp³-hybridized carbons (Fsp3) is 0.333. The summed E-state index contributed by atoms with van der Waals surface area (Å²) < 4.78 is 38.2. The third kappa shape index (κ3) is 2.73. The lowest BCUT2D eigenvalue weighted by Crippen LogP contribution is -2.38. The van der Waals surface area contributed by atoms with Gasteiger partial charge in [0.2, 0.25) is 0 Å². The van der Waals surface area contributed by atoms with Crippen molar-refractivity contribution in [3.05, 3.63) is 58.9 Å². The van der Waals surface area contributed by atoms with Gasteiger partial charge in [0.05, 0.1) is 16.8 Å². The average molecular weight is 348 g/mol. The number of fused-ring (bicyclic) bond motifs is 2. The predicted molar refractivity (Wildman–Crippen MR) is 84.6 cm³/mol. The molecule has 25 heavy (non-hydrogen) atoms. The van der Waals surface area contributed by atoms with Gasteiger partial charge in [-0.2, -0.15) is 13.2 Å². The highest BCUT2D eigenvalue weighted by molar-refractivity contribution is 5.87. The first-order valence-electron chi connectivity index (χ1n) is 7.93. The van der Waals surface area contributed by atoms with Crippen LogP contribution in [0.3, 0.4) is 0 Å². The van der Waals surface area contributed by atoms with Crippen LogP contribution in [0.2, 0.25) is 0 Å².